The van der Waals surface area contributed by atoms with E-state index < -0.39 is 0 Å². The Morgan fingerprint density at radius 1 is 1.03 bits per heavy atom. The van der Waals surface area contributed by atoms with Crippen molar-refractivity contribution < 1.29 is 4.79 Å². The molecule has 2 unspecified atom stereocenters. The summed E-state index contributed by atoms with van der Waals surface area (Å²) in [5, 5.41) is 3.22. The Morgan fingerprint density at radius 2 is 1.76 bits per heavy atom. The first-order valence-electron chi connectivity index (χ1n) is 11.1. The molecule has 6 heteroatoms. The van der Waals surface area contributed by atoms with Gasteiger partial charge < -0.3 is 9.80 Å². The molecule has 4 aliphatic carbocycles. The topological polar surface area (TPSA) is 49.3 Å². The molecule has 2 aromatic rings. The summed E-state index contributed by atoms with van der Waals surface area (Å²) in [6.07, 6.45) is 9.05. The zero-order chi connectivity index (χ0) is 19.9. The Balaban J connectivity index is 1.21. The molecule has 5 nitrogen and oxygen atoms in total. The van der Waals surface area contributed by atoms with Gasteiger partial charge in [0.05, 0.1) is 10.8 Å². The highest BCUT2D eigenvalue weighted by Crippen LogP contribution is 2.69. The van der Waals surface area contributed by atoms with Crippen LogP contribution in [0.1, 0.15) is 52.4 Å². The van der Waals surface area contributed by atoms with Crippen LogP contribution >= 0.6 is 11.3 Å². The first-order chi connectivity index (χ1) is 13.9. The van der Waals surface area contributed by atoms with Crippen LogP contribution in [0.2, 0.25) is 0 Å². The van der Waals surface area contributed by atoms with Gasteiger partial charge in [0.2, 0.25) is 5.91 Å². The maximum absolute atomic E-state index is 13.8. The van der Waals surface area contributed by atoms with Gasteiger partial charge in [-0.25, -0.2) is 9.97 Å². The molecule has 154 valence electrons. The molecule has 1 aliphatic heterocycles. The number of nitrogens with zero attached hydrogens (tertiary/aromatic N) is 4. The highest BCUT2D eigenvalue weighted by Gasteiger charge is 2.63. The summed E-state index contributed by atoms with van der Waals surface area (Å²) >= 11 is 1.66. The third-order valence-electron chi connectivity index (χ3n) is 8.19. The largest absolute Gasteiger partial charge is 0.352 e. The summed E-state index contributed by atoms with van der Waals surface area (Å²) < 4.78 is 0. The summed E-state index contributed by atoms with van der Waals surface area (Å²) in [7, 11) is 0. The first kappa shape index (κ1) is 18.1. The minimum absolute atomic E-state index is 0.0827. The van der Waals surface area contributed by atoms with E-state index in [1.165, 1.54) is 19.3 Å². The normalized spacial score (nSPS) is 38.8. The van der Waals surface area contributed by atoms with Crippen molar-refractivity contribution in [2.75, 3.05) is 31.1 Å². The molecule has 29 heavy (non-hydrogen) atoms. The fourth-order valence-corrected chi connectivity index (χ4v) is 8.90. The Morgan fingerprint density at radius 3 is 2.45 bits per heavy atom. The van der Waals surface area contributed by atoms with Crippen LogP contribution in [0.25, 0.3) is 10.2 Å². The Labute approximate surface area is 176 Å². The van der Waals surface area contributed by atoms with E-state index in [1.807, 2.05) is 0 Å². The van der Waals surface area contributed by atoms with Gasteiger partial charge in [-0.05, 0) is 66.7 Å². The number of piperazine rings is 1. The van der Waals surface area contributed by atoms with Gasteiger partial charge in [0.25, 0.3) is 0 Å². The zero-order valence-corrected chi connectivity index (χ0v) is 18.3. The number of aromatic nitrogens is 2. The van der Waals surface area contributed by atoms with E-state index in [9.17, 15) is 4.79 Å². The van der Waals surface area contributed by atoms with Crippen LogP contribution < -0.4 is 4.90 Å². The summed E-state index contributed by atoms with van der Waals surface area (Å²) in [5.74, 6) is 2.25. The van der Waals surface area contributed by atoms with E-state index >= 15 is 0 Å². The number of amides is 1. The molecule has 4 saturated carbocycles. The molecule has 2 atom stereocenters. The lowest BCUT2D eigenvalue weighted by Crippen LogP contribution is -2.62. The molecule has 5 fully saturated rings. The third-order valence-corrected chi connectivity index (χ3v) is 9.01. The molecule has 2 aromatic heterocycles. The summed E-state index contributed by atoms with van der Waals surface area (Å²) in [6, 6.07) is 2.11. The Hall–Kier alpha value is -1.69. The highest BCUT2D eigenvalue weighted by molar-refractivity contribution is 7.16. The maximum Gasteiger partial charge on any atom is 0.228 e. The van der Waals surface area contributed by atoms with Crippen LogP contribution in [0.3, 0.4) is 0 Å². The number of fused-ring (bicyclic) bond motifs is 1. The molecule has 4 bridgehead atoms. The van der Waals surface area contributed by atoms with Gasteiger partial charge in [-0.15, -0.1) is 11.3 Å². The quantitative estimate of drug-likeness (QED) is 0.739. The van der Waals surface area contributed by atoms with Gasteiger partial charge in [0.15, 0.2) is 0 Å². The first-order valence-corrected chi connectivity index (χ1v) is 12.0. The molecule has 0 spiro atoms. The van der Waals surface area contributed by atoms with E-state index in [1.54, 1.807) is 17.7 Å². The molecular weight excluding hydrogens is 380 g/mol. The number of hydrogen-bond donors (Lipinski definition) is 0. The van der Waals surface area contributed by atoms with Gasteiger partial charge in [-0.2, -0.15) is 0 Å². The smallest absolute Gasteiger partial charge is 0.228 e. The second-order valence-electron chi connectivity index (χ2n) is 11.0. The zero-order valence-electron chi connectivity index (χ0n) is 17.5. The van der Waals surface area contributed by atoms with Crippen LogP contribution in [-0.4, -0.2) is 47.0 Å². The molecule has 3 heterocycles. The number of carbonyl (C=O) groups is 1. The lowest BCUT2D eigenvalue weighted by molar-refractivity contribution is -0.179. The van der Waals surface area contributed by atoms with Gasteiger partial charge in [-0.1, -0.05) is 13.8 Å². The van der Waals surface area contributed by atoms with E-state index in [0.717, 1.165) is 67.4 Å². The van der Waals surface area contributed by atoms with Gasteiger partial charge >= 0.3 is 0 Å². The van der Waals surface area contributed by atoms with Gasteiger partial charge in [0.1, 0.15) is 17.0 Å². The van der Waals surface area contributed by atoms with Crippen LogP contribution in [0.4, 0.5) is 5.82 Å². The minimum atomic E-state index is -0.0827. The van der Waals surface area contributed by atoms with E-state index in [4.69, 9.17) is 0 Å². The molecule has 7 rings (SSSR count). The van der Waals surface area contributed by atoms with Gasteiger partial charge in [-0.3, -0.25) is 4.79 Å². The standard InChI is InChI=1S/C23H30N4OS/c1-21-9-16-10-22(2,12-21)14-23(11-16,13-21)20(28)27-6-4-26(5-7-27)18-17-3-8-29-19(17)25-15-24-18/h3,8,15-16H,4-7,9-14H2,1-2H3. The highest BCUT2D eigenvalue weighted by atomic mass is 32.1. The molecule has 0 radical (unpaired) electrons. The van der Waals surface area contributed by atoms with Crippen molar-refractivity contribution in [2.24, 2.45) is 22.2 Å². The molecular formula is C23H30N4OS. The number of thiophene rings is 1. The molecule has 0 N–H and O–H groups in total. The Bertz CT molecular complexity index is 960. The van der Waals surface area contributed by atoms with Crippen LogP contribution in [0.15, 0.2) is 17.8 Å². The van der Waals surface area contributed by atoms with Crippen molar-refractivity contribution in [3.05, 3.63) is 17.8 Å². The van der Waals surface area contributed by atoms with Crippen molar-refractivity contribution in [1.82, 2.24) is 14.9 Å². The molecule has 1 amide bonds. The summed E-state index contributed by atoms with van der Waals surface area (Å²) in [6.45, 7) is 8.26. The maximum atomic E-state index is 13.8. The second kappa shape index (κ2) is 5.93. The lowest BCUT2D eigenvalue weighted by atomic mass is 9.40. The minimum Gasteiger partial charge on any atom is -0.352 e. The molecule has 0 aromatic carbocycles. The number of carbonyl (C=O) groups excluding carboxylic acids is 1. The fraction of sp³-hybridized carbons (Fsp3) is 0.696. The summed E-state index contributed by atoms with van der Waals surface area (Å²) in [4.78, 5) is 28.3. The van der Waals surface area contributed by atoms with Gasteiger partial charge in [0, 0.05) is 26.2 Å². The Kier molecular flexibility index (Phi) is 3.70. The summed E-state index contributed by atoms with van der Waals surface area (Å²) in [5.41, 5.74) is 0.689. The van der Waals surface area contributed by atoms with Crippen molar-refractivity contribution in [3.63, 3.8) is 0 Å². The van der Waals surface area contributed by atoms with E-state index in [2.05, 4.69) is 45.1 Å². The van der Waals surface area contributed by atoms with E-state index in [0.29, 0.717) is 16.7 Å². The fourth-order valence-electron chi connectivity index (χ4n) is 8.17. The number of hydrogen-bond acceptors (Lipinski definition) is 5. The van der Waals surface area contributed by atoms with Crippen molar-refractivity contribution >= 4 is 33.3 Å². The lowest BCUT2D eigenvalue weighted by Gasteiger charge is -2.65. The molecule has 5 aliphatic rings. The van der Waals surface area contributed by atoms with E-state index in [-0.39, 0.29) is 5.41 Å². The average Bonchev–Trinajstić information content (AvgIpc) is 3.13. The monoisotopic (exact) mass is 410 g/mol. The van der Waals surface area contributed by atoms with Crippen molar-refractivity contribution in [1.29, 1.82) is 0 Å². The predicted octanol–water partition coefficient (Wildman–Crippen LogP) is 4.34. The number of rotatable bonds is 2. The number of anilines is 1. The average molecular weight is 411 g/mol. The van der Waals surface area contributed by atoms with Crippen LogP contribution in [0, 0.1) is 22.2 Å². The van der Waals surface area contributed by atoms with Crippen molar-refractivity contribution in [3.8, 4) is 0 Å². The third kappa shape index (κ3) is 2.74. The van der Waals surface area contributed by atoms with Crippen LogP contribution in [0.5, 0.6) is 0 Å². The van der Waals surface area contributed by atoms with Crippen LogP contribution in [-0.2, 0) is 4.79 Å². The molecule has 1 saturated heterocycles. The second-order valence-corrected chi connectivity index (χ2v) is 11.9. The SMILES string of the molecule is CC12CC3CC(C)(C1)CC(C(=O)N1CCN(c4ncnc5sccc45)CC1)(C3)C2. The van der Waals surface area contributed by atoms with Crippen molar-refractivity contribution in [2.45, 2.75) is 52.4 Å². The predicted molar refractivity (Wildman–Crippen MR) is 116 cm³/mol.